The third-order valence-electron chi connectivity index (χ3n) is 1.90. The van der Waals surface area contributed by atoms with Crippen molar-refractivity contribution in [3.8, 4) is 0 Å². The molecule has 0 fully saturated rings. The molecule has 0 unspecified atom stereocenters. The molecule has 3 heteroatoms. The van der Waals surface area contributed by atoms with E-state index in [1.54, 1.807) is 0 Å². The lowest BCUT2D eigenvalue weighted by molar-refractivity contribution is 0.102. The van der Waals surface area contributed by atoms with Gasteiger partial charge in [0.1, 0.15) is 11.8 Å². The lowest BCUT2D eigenvalue weighted by atomic mass is 10.1. The second-order valence-corrected chi connectivity index (χ2v) is 3.26. The minimum absolute atomic E-state index is 0.0463. The SMILES string of the molecule is O=C(CBr)c1coc2ccccc12. The van der Waals surface area contributed by atoms with Crippen molar-refractivity contribution in [1.82, 2.24) is 0 Å². The number of halogens is 1. The van der Waals surface area contributed by atoms with Crippen LogP contribution >= 0.6 is 15.9 Å². The average molecular weight is 239 g/mol. The van der Waals surface area contributed by atoms with E-state index in [1.807, 2.05) is 24.3 Å². The molecule has 2 aromatic rings. The molecule has 0 aliphatic rings. The first-order chi connectivity index (χ1) is 6.33. The molecule has 0 saturated heterocycles. The fourth-order valence-corrected chi connectivity index (χ4v) is 1.57. The summed E-state index contributed by atoms with van der Waals surface area (Å²) in [7, 11) is 0. The number of alkyl halides is 1. The quantitative estimate of drug-likeness (QED) is 0.595. The lowest BCUT2D eigenvalue weighted by Gasteiger charge is -1.90. The zero-order chi connectivity index (χ0) is 9.26. The molecule has 2 rings (SSSR count). The number of fused-ring (bicyclic) bond motifs is 1. The average Bonchev–Trinajstić information content (AvgIpc) is 2.60. The molecule has 0 aliphatic carbocycles. The van der Waals surface area contributed by atoms with E-state index in [4.69, 9.17) is 4.42 Å². The first-order valence-corrected chi connectivity index (χ1v) is 5.00. The van der Waals surface area contributed by atoms with Crippen molar-refractivity contribution in [3.05, 3.63) is 36.1 Å². The first kappa shape index (κ1) is 8.51. The van der Waals surface area contributed by atoms with E-state index >= 15 is 0 Å². The van der Waals surface area contributed by atoms with Gasteiger partial charge >= 0.3 is 0 Å². The van der Waals surface area contributed by atoms with Crippen molar-refractivity contribution in [2.24, 2.45) is 0 Å². The number of Topliss-reactive ketones (excluding diaryl/α,β-unsaturated/α-hetero) is 1. The summed E-state index contributed by atoms with van der Waals surface area (Å²) in [5.41, 5.74) is 1.40. The predicted octanol–water partition coefficient (Wildman–Crippen LogP) is 3.01. The second-order valence-electron chi connectivity index (χ2n) is 2.70. The van der Waals surface area contributed by atoms with Crippen LogP contribution in [-0.2, 0) is 0 Å². The lowest BCUT2D eigenvalue weighted by Crippen LogP contribution is -1.97. The molecule has 0 radical (unpaired) electrons. The van der Waals surface area contributed by atoms with Crippen LogP contribution in [0.2, 0.25) is 0 Å². The molecule has 1 aromatic carbocycles. The van der Waals surface area contributed by atoms with Gasteiger partial charge in [0.05, 0.1) is 10.9 Å². The molecule has 0 amide bonds. The van der Waals surface area contributed by atoms with Crippen molar-refractivity contribution in [2.75, 3.05) is 5.33 Å². The van der Waals surface area contributed by atoms with Gasteiger partial charge in [0.25, 0.3) is 0 Å². The standard InChI is InChI=1S/C10H7BrO2/c11-5-9(12)8-6-13-10-4-2-1-3-7(8)10/h1-4,6H,5H2. The van der Waals surface area contributed by atoms with Gasteiger partial charge in [-0.1, -0.05) is 34.1 Å². The molecule has 13 heavy (non-hydrogen) atoms. The zero-order valence-corrected chi connectivity index (χ0v) is 8.37. The summed E-state index contributed by atoms with van der Waals surface area (Å²) in [5, 5.41) is 1.21. The Bertz CT molecular complexity index is 445. The number of benzene rings is 1. The second kappa shape index (κ2) is 3.34. The Hall–Kier alpha value is -1.09. The van der Waals surface area contributed by atoms with E-state index in [-0.39, 0.29) is 5.78 Å². The minimum Gasteiger partial charge on any atom is -0.464 e. The van der Waals surface area contributed by atoms with Crippen molar-refractivity contribution < 1.29 is 9.21 Å². The Morgan fingerprint density at radius 3 is 2.92 bits per heavy atom. The highest BCUT2D eigenvalue weighted by molar-refractivity contribution is 9.09. The van der Waals surface area contributed by atoms with Crippen LogP contribution < -0.4 is 0 Å². The number of rotatable bonds is 2. The van der Waals surface area contributed by atoms with Crippen LogP contribution in [0.3, 0.4) is 0 Å². The minimum atomic E-state index is 0.0463. The highest BCUT2D eigenvalue weighted by atomic mass is 79.9. The summed E-state index contributed by atoms with van der Waals surface area (Å²) in [6.07, 6.45) is 1.51. The number of carbonyl (C=O) groups is 1. The van der Waals surface area contributed by atoms with Gasteiger partial charge < -0.3 is 4.42 Å². The number of hydrogen-bond acceptors (Lipinski definition) is 2. The van der Waals surface area contributed by atoms with Gasteiger partial charge in [0, 0.05) is 5.39 Å². The molecule has 1 heterocycles. The molecule has 2 nitrogen and oxygen atoms in total. The van der Waals surface area contributed by atoms with Crippen LogP contribution in [0.25, 0.3) is 11.0 Å². The monoisotopic (exact) mass is 238 g/mol. The van der Waals surface area contributed by atoms with Crippen LogP contribution in [-0.4, -0.2) is 11.1 Å². The topological polar surface area (TPSA) is 30.2 Å². The molecule has 1 aromatic heterocycles. The molecule has 0 saturated carbocycles. The summed E-state index contributed by atoms with van der Waals surface area (Å²) >= 11 is 3.13. The maximum atomic E-state index is 11.4. The molecule has 66 valence electrons. The Balaban J connectivity index is 2.64. The molecule has 0 atom stereocenters. The summed E-state index contributed by atoms with van der Waals surface area (Å²) in [6, 6.07) is 7.51. The Labute approximate surface area is 83.7 Å². The van der Waals surface area contributed by atoms with Crippen molar-refractivity contribution >= 4 is 32.7 Å². The van der Waals surface area contributed by atoms with E-state index in [1.165, 1.54) is 6.26 Å². The number of hydrogen-bond donors (Lipinski definition) is 0. The number of furan rings is 1. The van der Waals surface area contributed by atoms with Gasteiger partial charge in [-0.25, -0.2) is 0 Å². The van der Waals surface area contributed by atoms with E-state index in [2.05, 4.69) is 15.9 Å². The molecular weight excluding hydrogens is 232 g/mol. The van der Waals surface area contributed by atoms with Crippen molar-refractivity contribution in [1.29, 1.82) is 0 Å². The fraction of sp³-hybridized carbons (Fsp3) is 0.100. The predicted molar refractivity (Wildman–Crippen MR) is 54.3 cm³/mol. The van der Waals surface area contributed by atoms with Crippen LogP contribution in [0.5, 0.6) is 0 Å². The van der Waals surface area contributed by atoms with Crippen LogP contribution in [0.1, 0.15) is 10.4 Å². The van der Waals surface area contributed by atoms with E-state index < -0.39 is 0 Å². The summed E-state index contributed by atoms with van der Waals surface area (Å²) in [5.74, 6) is 0.0463. The van der Waals surface area contributed by atoms with Gasteiger partial charge in [-0.15, -0.1) is 0 Å². The Morgan fingerprint density at radius 2 is 2.15 bits per heavy atom. The van der Waals surface area contributed by atoms with Crippen LogP contribution in [0.15, 0.2) is 34.9 Å². The van der Waals surface area contributed by atoms with E-state index in [0.717, 1.165) is 11.0 Å². The molecule has 0 bridgehead atoms. The molecule has 0 spiro atoms. The largest absolute Gasteiger partial charge is 0.464 e. The van der Waals surface area contributed by atoms with Crippen molar-refractivity contribution in [2.45, 2.75) is 0 Å². The summed E-state index contributed by atoms with van der Waals surface area (Å²) in [4.78, 5) is 11.4. The van der Waals surface area contributed by atoms with Crippen LogP contribution in [0.4, 0.5) is 0 Å². The Morgan fingerprint density at radius 1 is 1.38 bits per heavy atom. The van der Waals surface area contributed by atoms with Crippen LogP contribution in [0, 0.1) is 0 Å². The molecule has 0 N–H and O–H groups in total. The van der Waals surface area contributed by atoms with Gasteiger partial charge in [-0.3, -0.25) is 4.79 Å². The third-order valence-corrected chi connectivity index (χ3v) is 2.41. The number of para-hydroxylation sites is 1. The smallest absolute Gasteiger partial charge is 0.177 e. The number of ketones is 1. The van der Waals surface area contributed by atoms with Crippen molar-refractivity contribution in [3.63, 3.8) is 0 Å². The molecule has 0 aliphatic heterocycles. The maximum Gasteiger partial charge on any atom is 0.177 e. The summed E-state index contributed by atoms with van der Waals surface area (Å²) < 4.78 is 5.23. The van der Waals surface area contributed by atoms with Gasteiger partial charge in [-0.2, -0.15) is 0 Å². The fourth-order valence-electron chi connectivity index (χ4n) is 1.27. The van der Waals surface area contributed by atoms with Gasteiger partial charge in [-0.05, 0) is 6.07 Å². The molecular formula is C10H7BrO2. The third kappa shape index (κ3) is 1.40. The Kier molecular flexibility index (Phi) is 2.19. The highest BCUT2D eigenvalue weighted by Gasteiger charge is 2.11. The first-order valence-electron chi connectivity index (χ1n) is 3.88. The zero-order valence-electron chi connectivity index (χ0n) is 6.79. The van der Waals surface area contributed by atoms with E-state index in [0.29, 0.717) is 10.9 Å². The number of carbonyl (C=O) groups excluding carboxylic acids is 1. The van der Waals surface area contributed by atoms with Gasteiger partial charge in [0.15, 0.2) is 5.78 Å². The highest BCUT2D eigenvalue weighted by Crippen LogP contribution is 2.21. The maximum absolute atomic E-state index is 11.4. The van der Waals surface area contributed by atoms with Gasteiger partial charge in [0.2, 0.25) is 0 Å². The summed E-state index contributed by atoms with van der Waals surface area (Å²) in [6.45, 7) is 0. The van der Waals surface area contributed by atoms with E-state index in [9.17, 15) is 4.79 Å². The normalized spacial score (nSPS) is 10.5.